The molecule has 0 radical (unpaired) electrons. The van der Waals surface area contributed by atoms with E-state index in [1.54, 1.807) is 54.6 Å². The number of oxazole rings is 1. The van der Waals surface area contributed by atoms with E-state index in [1.165, 1.54) is 18.2 Å². The molecule has 294 valence electrons. The van der Waals surface area contributed by atoms with Crippen molar-refractivity contribution in [2.24, 2.45) is 0 Å². The number of rotatable bonds is 10. The normalized spacial score (nSPS) is 17.5. The number of hydrogen-bond donors (Lipinski definition) is 0. The highest BCUT2D eigenvalue weighted by atomic mass is 16.3. The van der Waals surface area contributed by atoms with Gasteiger partial charge in [-0.25, -0.2) is 4.98 Å². The zero-order valence-electron chi connectivity index (χ0n) is 59.6. The second kappa shape index (κ2) is 16.0. The van der Waals surface area contributed by atoms with E-state index in [0.29, 0.717) is 26.1 Å². The van der Waals surface area contributed by atoms with E-state index in [2.05, 4.69) is 0 Å². The summed E-state index contributed by atoms with van der Waals surface area (Å²) in [6.07, 6.45) is 0. The number of aromatic nitrogens is 1. The number of fused-ring (bicyclic) bond motifs is 5. The zero-order chi connectivity index (χ0) is 65.6. The molecule has 62 heavy (non-hydrogen) atoms. The Kier molecular flexibility index (Phi) is 4.55. The van der Waals surface area contributed by atoms with E-state index < -0.39 is 215 Å². The molecule has 11 rings (SSSR count). The number of anilines is 9. The fraction of sp³-hybridized carbons (Fsp3) is 0. The van der Waals surface area contributed by atoms with Gasteiger partial charge in [0.2, 0.25) is 5.89 Å². The van der Waals surface area contributed by atoms with Gasteiger partial charge in [0.05, 0.1) is 44.1 Å². The maximum absolute atomic E-state index is 10.4. The lowest BCUT2D eigenvalue weighted by atomic mass is 9.98. The highest BCUT2D eigenvalue weighted by Gasteiger charge is 2.22. The van der Waals surface area contributed by atoms with Crippen LogP contribution in [0.5, 0.6) is 0 Å². The molecular formula is C57H40N4O. The second-order valence-electron chi connectivity index (χ2n) is 13.1. The SMILES string of the molecule is [2H]c1c([2H])c([2H])c(N(c2c([2H])c([2H])c([2H])c([2H])c2[2H])c2c([2H])c([2H])c([2H])c(N(c3c([2H])c([2H])c([2H])c(N(c4c([2H])c([2H])c([2H])c([2H])c4[2H])c4c([2H])c([2H])c([2H])c([2H])c4[2H])c3[2H])c3cccc4c3ccc3ccc5oc(-c6ccccc6)nc5c34)c2[2H])c([2H])c1[2H]. The number of para-hydroxylation sites is 4. The van der Waals surface area contributed by atoms with Gasteiger partial charge in [-0.15, -0.1) is 0 Å². The molecule has 1 aromatic heterocycles. The van der Waals surface area contributed by atoms with Crippen molar-refractivity contribution in [2.45, 2.75) is 0 Å². The van der Waals surface area contributed by atoms with Crippen molar-refractivity contribution in [2.75, 3.05) is 14.7 Å². The summed E-state index contributed by atoms with van der Waals surface area (Å²) in [5.41, 5.74) is -7.53. The highest BCUT2D eigenvalue weighted by Crippen LogP contribution is 2.46. The maximum Gasteiger partial charge on any atom is 0.227 e. The van der Waals surface area contributed by atoms with Crippen molar-refractivity contribution < 1.29 is 42.8 Å². The van der Waals surface area contributed by atoms with Crippen molar-refractivity contribution in [1.82, 2.24) is 4.98 Å². The van der Waals surface area contributed by atoms with Crippen LogP contribution >= 0.6 is 0 Å². The Morgan fingerprint density at radius 1 is 0.387 bits per heavy atom. The third-order valence-corrected chi connectivity index (χ3v) is 9.57. The smallest absolute Gasteiger partial charge is 0.227 e. The van der Waals surface area contributed by atoms with Crippen molar-refractivity contribution >= 4 is 83.8 Å². The van der Waals surface area contributed by atoms with Crippen molar-refractivity contribution in [3.8, 4) is 11.5 Å². The van der Waals surface area contributed by atoms with Crippen molar-refractivity contribution in [3.05, 3.63) is 242 Å². The maximum atomic E-state index is 10.4. The van der Waals surface area contributed by atoms with Crippen LogP contribution in [0, 0.1) is 0 Å². The van der Waals surface area contributed by atoms with Crippen LogP contribution in [-0.2, 0) is 0 Å². The van der Waals surface area contributed by atoms with Gasteiger partial charge in [-0.05, 0) is 120 Å². The fourth-order valence-corrected chi connectivity index (χ4v) is 6.99. The van der Waals surface area contributed by atoms with Crippen molar-refractivity contribution in [1.29, 1.82) is 0 Å². The Morgan fingerprint density at radius 3 is 1.37 bits per heavy atom. The first-order chi connectivity index (χ1) is 42.4. The minimum Gasteiger partial charge on any atom is -0.436 e. The van der Waals surface area contributed by atoms with Gasteiger partial charge in [-0.1, -0.05) is 133 Å². The van der Waals surface area contributed by atoms with E-state index in [0.717, 1.165) is 4.90 Å². The minimum absolute atomic E-state index is 0.0617. The topological polar surface area (TPSA) is 35.8 Å². The quantitative estimate of drug-likeness (QED) is 0.128. The molecule has 5 nitrogen and oxygen atoms in total. The van der Waals surface area contributed by atoms with E-state index >= 15 is 0 Å². The Balaban J connectivity index is 1.36. The average molecular weight is 825 g/mol. The summed E-state index contributed by atoms with van der Waals surface area (Å²) in [7, 11) is 0. The first-order valence-electron chi connectivity index (χ1n) is 32.6. The Hall–Kier alpha value is -8.41. The lowest BCUT2D eigenvalue weighted by Crippen LogP contribution is -2.14. The lowest BCUT2D eigenvalue weighted by Gasteiger charge is -2.31. The van der Waals surface area contributed by atoms with Crippen LogP contribution < -0.4 is 14.7 Å². The first kappa shape index (κ1) is 17.7. The first-order valence-corrected chi connectivity index (χ1v) is 18.6. The summed E-state index contributed by atoms with van der Waals surface area (Å²) >= 11 is 0. The van der Waals surface area contributed by atoms with Gasteiger partial charge in [0.25, 0.3) is 0 Å². The number of benzene rings is 10. The molecule has 11 aromatic rings. The molecule has 0 fully saturated rings. The molecule has 0 unspecified atom stereocenters. The molecule has 0 aliphatic carbocycles. The van der Waals surface area contributed by atoms with E-state index in [4.69, 9.17) is 25.9 Å². The molecule has 0 aliphatic heterocycles. The van der Waals surface area contributed by atoms with Gasteiger partial charge in [0, 0.05) is 61.8 Å². The summed E-state index contributed by atoms with van der Waals surface area (Å²) in [5.74, 6) is 0.200. The Labute approximate surface area is 400 Å². The largest absolute Gasteiger partial charge is 0.436 e. The summed E-state index contributed by atoms with van der Waals surface area (Å²) < 4.78 is 262. The van der Waals surface area contributed by atoms with Crippen LogP contribution in [0.2, 0.25) is 0 Å². The van der Waals surface area contributed by atoms with Gasteiger partial charge in [0.15, 0.2) is 5.58 Å². The van der Waals surface area contributed by atoms with Crippen LogP contribution in [0.4, 0.5) is 51.2 Å². The molecule has 0 saturated heterocycles. The average Bonchev–Trinajstić information content (AvgIpc) is 0.735. The van der Waals surface area contributed by atoms with Crippen LogP contribution in [0.3, 0.4) is 0 Å². The van der Waals surface area contributed by atoms with Crippen molar-refractivity contribution in [3.63, 3.8) is 0 Å². The minimum atomic E-state index is -1.24. The molecule has 0 saturated carbocycles. The summed E-state index contributed by atoms with van der Waals surface area (Å²) in [6, 6.07) is -11.2. The molecule has 0 N–H and O–H groups in total. The van der Waals surface area contributed by atoms with Crippen LogP contribution in [0.25, 0.3) is 44.1 Å². The molecule has 0 amide bonds. The predicted octanol–water partition coefficient (Wildman–Crippen LogP) is 16.2. The molecular weight excluding hydrogens is 757 g/mol. The van der Waals surface area contributed by atoms with Gasteiger partial charge < -0.3 is 19.1 Å². The number of hydrogen-bond acceptors (Lipinski definition) is 5. The predicted molar refractivity (Wildman–Crippen MR) is 259 cm³/mol. The van der Waals surface area contributed by atoms with E-state index in [9.17, 15) is 21.9 Å². The standard InChI is InChI=1S/C57H40N4O/c1-6-19-42(20-7-1)57-58-56-54(62-57)38-36-41-35-37-51-52(55(41)56)33-18-34-53(51)61(49-31-16-29-47(39-49)59(43-21-8-2-9-22-43)44-23-10-3-11-24-44)50-32-17-30-48(40-50)60(45-25-12-4-13-26-45)46-27-14-5-15-28-46/h1-40H/i2D,3D,4D,5D,8D,9D,10D,11D,12D,13D,14D,15D,16D,17D,21D,22D,23D,24D,25D,26D,27D,28D,29D,30D,31D,32D,39D,40D. The molecule has 0 bridgehead atoms. The van der Waals surface area contributed by atoms with E-state index in [-0.39, 0.29) is 33.5 Å². The van der Waals surface area contributed by atoms with Gasteiger partial charge in [-0.2, -0.15) is 0 Å². The molecule has 0 atom stereocenters. The summed E-state index contributed by atoms with van der Waals surface area (Å²) in [4.78, 5) is 6.46. The Bertz CT molecular complexity index is 4520. The Morgan fingerprint density at radius 2 is 0.855 bits per heavy atom. The zero-order valence-corrected chi connectivity index (χ0v) is 31.6. The van der Waals surface area contributed by atoms with Crippen LogP contribution in [0.1, 0.15) is 38.4 Å². The van der Waals surface area contributed by atoms with E-state index in [1.807, 2.05) is 0 Å². The van der Waals surface area contributed by atoms with Crippen LogP contribution in [-0.4, -0.2) is 4.98 Å². The van der Waals surface area contributed by atoms with Gasteiger partial charge >= 0.3 is 0 Å². The van der Waals surface area contributed by atoms with Crippen LogP contribution in [0.15, 0.2) is 246 Å². The summed E-state index contributed by atoms with van der Waals surface area (Å²) in [6.45, 7) is 0. The summed E-state index contributed by atoms with van der Waals surface area (Å²) in [5, 5.41) is 1.27. The molecule has 0 aliphatic rings. The highest BCUT2D eigenvalue weighted by molar-refractivity contribution is 6.21. The number of nitrogens with zero attached hydrogens (tertiary/aromatic N) is 4. The molecule has 0 spiro atoms. The third kappa shape index (κ3) is 6.78. The molecule has 5 heteroatoms. The van der Waals surface area contributed by atoms with Gasteiger partial charge in [0.1, 0.15) is 5.52 Å². The molecule has 10 aromatic carbocycles. The fourth-order valence-electron chi connectivity index (χ4n) is 6.99. The monoisotopic (exact) mass is 824 g/mol. The lowest BCUT2D eigenvalue weighted by molar-refractivity contribution is 0.620. The molecule has 1 heterocycles. The second-order valence-corrected chi connectivity index (χ2v) is 13.1. The van der Waals surface area contributed by atoms with Gasteiger partial charge in [-0.3, -0.25) is 0 Å². The third-order valence-electron chi connectivity index (χ3n) is 9.57.